The van der Waals surface area contributed by atoms with Crippen LogP contribution in [0.4, 0.5) is 5.82 Å². The summed E-state index contributed by atoms with van der Waals surface area (Å²) in [5, 5.41) is 12.4. The van der Waals surface area contributed by atoms with Crippen molar-refractivity contribution in [2.45, 2.75) is 11.7 Å². The zero-order valence-corrected chi connectivity index (χ0v) is 18.8. The van der Waals surface area contributed by atoms with Gasteiger partial charge in [-0.15, -0.1) is 10.2 Å². The van der Waals surface area contributed by atoms with Crippen molar-refractivity contribution in [2.24, 2.45) is 0 Å². The number of pyridine rings is 1. The van der Waals surface area contributed by atoms with Crippen molar-refractivity contribution in [3.8, 4) is 17.1 Å². The van der Waals surface area contributed by atoms with Crippen LogP contribution in [-0.2, 0) is 11.3 Å². The van der Waals surface area contributed by atoms with Gasteiger partial charge in [-0.1, -0.05) is 66.4 Å². The third-order valence-corrected chi connectivity index (χ3v) is 5.71. The van der Waals surface area contributed by atoms with Crippen molar-refractivity contribution in [1.29, 1.82) is 0 Å². The minimum atomic E-state index is -0.0765. The Hall–Kier alpha value is -3.65. The SMILES string of the molecule is CN(C)c1ncccc1CNC(=O)CSc1nnc(-c2ccccc2)n1-c1ccccc1. The molecule has 0 spiro atoms. The zero-order valence-electron chi connectivity index (χ0n) is 18.0. The highest BCUT2D eigenvalue weighted by Gasteiger charge is 2.17. The lowest BCUT2D eigenvalue weighted by molar-refractivity contribution is -0.118. The van der Waals surface area contributed by atoms with Crippen LogP contribution in [0.1, 0.15) is 5.56 Å². The van der Waals surface area contributed by atoms with Crippen LogP contribution >= 0.6 is 11.8 Å². The first-order valence-corrected chi connectivity index (χ1v) is 11.2. The monoisotopic (exact) mass is 444 g/mol. The summed E-state index contributed by atoms with van der Waals surface area (Å²) in [5.74, 6) is 1.74. The Morgan fingerprint density at radius 2 is 1.69 bits per heavy atom. The van der Waals surface area contributed by atoms with Crippen LogP contribution in [0.25, 0.3) is 17.1 Å². The molecule has 2 aromatic carbocycles. The molecule has 0 aliphatic carbocycles. The molecule has 0 radical (unpaired) electrons. The number of aromatic nitrogens is 4. The van der Waals surface area contributed by atoms with Gasteiger partial charge in [0.1, 0.15) is 5.82 Å². The number of nitrogens with one attached hydrogen (secondary N) is 1. The van der Waals surface area contributed by atoms with E-state index in [0.29, 0.717) is 11.7 Å². The summed E-state index contributed by atoms with van der Waals surface area (Å²) in [5.41, 5.74) is 2.88. The highest BCUT2D eigenvalue weighted by atomic mass is 32.2. The lowest BCUT2D eigenvalue weighted by Gasteiger charge is -2.16. The third kappa shape index (κ3) is 4.97. The Balaban J connectivity index is 1.49. The second-order valence-corrected chi connectivity index (χ2v) is 8.23. The minimum Gasteiger partial charge on any atom is -0.362 e. The molecule has 1 N–H and O–H groups in total. The first-order chi connectivity index (χ1) is 15.6. The van der Waals surface area contributed by atoms with Crippen molar-refractivity contribution < 1.29 is 4.79 Å². The van der Waals surface area contributed by atoms with Crippen molar-refractivity contribution in [1.82, 2.24) is 25.1 Å². The van der Waals surface area contributed by atoms with Gasteiger partial charge in [0.15, 0.2) is 11.0 Å². The molecule has 2 aromatic heterocycles. The highest BCUT2D eigenvalue weighted by molar-refractivity contribution is 7.99. The lowest BCUT2D eigenvalue weighted by atomic mass is 10.2. The molecule has 0 unspecified atom stereocenters. The maximum atomic E-state index is 12.6. The number of nitrogens with zero attached hydrogens (tertiary/aromatic N) is 5. The molecule has 0 bridgehead atoms. The summed E-state index contributed by atoms with van der Waals surface area (Å²) in [7, 11) is 3.87. The number of anilines is 1. The van der Waals surface area contributed by atoms with Gasteiger partial charge >= 0.3 is 0 Å². The summed E-state index contributed by atoms with van der Waals surface area (Å²) >= 11 is 1.36. The first-order valence-electron chi connectivity index (χ1n) is 10.2. The number of carbonyl (C=O) groups is 1. The number of benzene rings is 2. The van der Waals surface area contributed by atoms with E-state index in [1.165, 1.54) is 11.8 Å². The molecule has 0 saturated heterocycles. The normalized spacial score (nSPS) is 10.7. The van der Waals surface area contributed by atoms with Gasteiger partial charge in [0.05, 0.1) is 5.75 Å². The number of amides is 1. The molecule has 0 fully saturated rings. The second kappa shape index (κ2) is 10.1. The molecule has 1 amide bonds. The van der Waals surface area contributed by atoms with Gasteiger partial charge in [0, 0.05) is 43.7 Å². The molecule has 4 aromatic rings. The van der Waals surface area contributed by atoms with E-state index in [0.717, 1.165) is 28.5 Å². The average molecular weight is 445 g/mol. The van der Waals surface area contributed by atoms with Crippen LogP contribution in [0, 0.1) is 0 Å². The quantitative estimate of drug-likeness (QED) is 0.417. The van der Waals surface area contributed by atoms with E-state index >= 15 is 0 Å². The minimum absolute atomic E-state index is 0.0765. The van der Waals surface area contributed by atoms with Gasteiger partial charge in [0.2, 0.25) is 5.91 Å². The Morgan fingerprint density at radius 3 is 2.41 bits per heavy atom. The van der Waals surface area contributed by atoms with E-state index in [1.807, 2.05) is 96.4 Å². The van der Waals surface area contributed by atoms with E-state index in [1.54, 1.807) is 6.20 Å². The molecule has 0 aliphatic heterocycles. The molecule has 0 saturated carbocycles. The fourth-order valence-electron chi connectivity index (χ4n) is 3.29. The predicted molar refractivity (Wildman–Crippen MR) is 128 cm³/mol. The Morgan fingerprint density at radius 1 is 0.969 bits per heavy atom. The standard InChI is InChI=1S/C24H24N6OS/c1-29(2)22-19(12-9-15-25-22)16-26-21(31)17-32-24-28-27-23(18-10-5-3-6-11-18)30(24)20-13-7-4-8-14-20/h3-15H,16-17H2,1-2H3,(H,26,31). The summed E-state index contributed by atoms with van der Waals surface area (Å²) < 4.78 is 1.98. The number of carbonyl (C=O) groups excluding carboxylic acids is 1. The van der Waals surface area contributed by atoms with E-state index < -0.39 is 0 Å². The molecular formula is C24H24N6OS. The third-order valence-electron chi connectivity index (χ3n) is 4.78. The number of hydrogen-bond acceptors (Lipinski definition) is 6. The van der Waals surface area contributed by atoms with Crippen molar-refractivity contribution in [2.75, 3.05) is 24.7 Å². The van der Waals surface area contributed by atoms with Gasteiger partial charge in [0.25, 0.3) is 0 Å². The lowest BCUT2D eigenvalue weighted by Crippen LogP contribution is -2.26. The zero-order chi connectivity index (χ0) is 22.3. The van der Waals surface area contributed by atoms with Crippen molar-refractivity contribution in [3.63, 3.8) is 0 Å². The Bertz CT molecular complexity index is 1180. The van der Waals surface area contributed by atoms with Crippen molar-refractivity contribution >= 4 is 23.5 Å². The van der Waals surface area contributed by atoms with Gasteiger partial charge < -0.3 is 10.2 Å². The molecule has 162 valence electrons. The van der Waals surface area contributed by atoms with E-state index in [2.05, 4.69) is 20.5 Å². The van der Waals surface area contributed by atoms with E-state index in [-0.39, 0.29) is 11.7 Å². The summed E-state index contributed by atoms with van der Waals surface area (Å²) in [6.45, 7) is 0.418. The molecule has 8 heteroatoms. The number of thioether (sulfide) groups is 1. The molecule has 0 aliphatic rings. The molecule has 2 heterocycles. The van der Waals surface area contributed by atoms with Gasteiger partial charge in [-0.25, -0.2) is 4.98 Å². The number of hydrogen-bond donors (Lipinski definition) is 1. The number of para-hydroxylation sites is 1. The molecule has 7 nitrogen and oxygen atoms in total. The van der Waals surface area contributed by atoms with E-state index in [4.69, 9.17) is 0 Å². The Labute approximate surface area is 191 Å². The largest absolute Gasteiger partial charge is 0.362 e. The average Bonchev–Trinajstić information content (AvgIpc) is 3.26. The Kier molecular flexibility index (Phi) is 6.81. The molecule has 32 heavy (non-hydrogen) atoms. The summed E-state index contributed by atoms with van der Waals surface area (Å²) in [4.78, 5) is 18.9. The van der Waals surface area contributed by atoms with Gasteiger partial charge in [-0.2, -0.15) is 0 Å². The van der Waals surface area contributed by atoms with Crippen LogP contribution < -0.4 is 10.2 Å². The van der Waals surface area contributed by atoms with Crippen LogP contribution in [-0.4, -0.2) is 45.5 Å². The fraction of sp³-hybridized carbons (Fsp3) is 0.167. The highest BCUT2D eigenvalue weighted by Crippen LogP contribution is 2.27. The first kappa shape index (κ1) is 21.6. The smallest absolute Gasteiger partial charge is 0.230 e. The maximum Gasteiger partial charge on any atom is 0.230 e. The predicted octanol–water partition coefficient (Wildman–Crippen LogP) is 3.80. The van der Waals surface area contributed by atoms with Crippen LogP contribution in [0.15, 0.2) is 84.1 Å². The van der Waals surface area contributed by atoms with Crippen LogP contribution in [0.2, 0.25) is 0 Å². The second-order valence-electron chi connectivity index (χ2n) is 7.29. The maximum absolute atomic E-state index is 12.6. The van der Waals surface area contributed by atoms with Crippen LogP contribution in [0.5, 0.6) is 0 Å². The van der Waals surface area contributed by atoms with E-state index in [9.17, 15) is 4.79 Å². The number of rotatable bonds is 8. The van der Waals surface area contributed by atoms with Crippen LogP contribution in [0.3, 0.4) is 0 Å². The van der Waals surface area contributed by atoms with Crippen molar-refractivity contribution in [3.05, 3.63) is 84.6 Å². The summed E-state index contributed by atoms with van der Waals surface area (Å²) in [6, 6.07) is 23.7. The topological polar surface area (TPSA) is 75.9 Å². The molecular weight excluding hydrogens is 420 g/mol. The summed E-state index contributed by atoms with van der Waals surface area (Å²) in [6.07, 6.45) is 1.75. The molecule has 4 rings (SSSR count). The fourth-order valence-corrected chi connectivity index (χ4v) is 4.08. The van der Waals surface area contributed by atoms with Gasteiger partial charge in [-0.05, 0) is 18.2 Å². The van der Waals surface area contributed by atoms with Gasteiger partial charge in [-0.3, -0.25) is 9.36 Å². The molecule has 0 atom stereocenters.